The monoisotopic (exact) mass is 377 g/mol. The van der Waals surface area contributed by atoms with Crippen molar-refractivity contribution in [2.24, 2.45) is 5.92 Å². The second kappa shape index (κ2) is 7.36. The molecule has 0 saturated carbocycles. The van der Waals surface area contributed by atoms with Gasteiger partial charge in [0, 0.05) is 6.54 Å². The summed E-state index contributed by atoms with van der Waals surface area (Å²) in [6.07, 6.45) is -3.85. The van der Waals surface area contributed by atoms with Gasteiger partial charge in [-0.25, -0.2) is 0 Å². The van der Waals surface area contributed by atoms with Gasteiger partial charge in [0.1, 0.15) is 0 Å². The molecule has 25 heavy (non-hydrogen) atoms. The maximum absolute atomic E-state index is 12.6. The second-order valence-electron chi connectivity index (χ2n) is 5.61. The fraction of sp³-hybridized carbons (Fsp3) is 0.429. The number of halogens is 4. The zero-order valence-corrected chi connectivity index (χ0v) is 13.7. The molecule has 0 bridgehead atoms. The van der Waals surface area contributed by atoms with Crippen LogP contribution in [0.1, 0.15) is 17.8 Å². The van der Waals surface area contributed by atoms with Crippen LogP contribution in [0.2, 0.25) is 0 Å². The van der Waals surface area contributed by atoms with E-state index in [-0.39, 0.29) is 12.4 Å². The van der Waals surface area contributed by atoms with Gasteiger partial charge in [-0.2, -0.15) is 17.9 Å². The van der Waals surface area contributed by atoms with E-state index in [1.54, 1.807) is 0 Å². The van der Waals surface area contributed by atoms with Crippen LogP contribution in [0.3, 0.4) is 0 Å². The number of nitrogens with zero attached hydrogens (tertiary/aromatic N) is 5. The van der Waals surface area contributed by atoms with E-state index >= 15 is 0 Å². The number of aromatic nitrogens is 4. The lowest BCUT2D eigenvalue weighted by Gasteiger charge is -2.14. The van der Waals surface area contributed by atoms with Gasteiger partial charge in [-0.1, -0.05) is 0 Å². The minimum Gasteiger partial charge on any atom is -0.481 e. The number of carbonyl (C=O) groups is 1. The van der Waals surface area contributed by atoms with Gasteiger partial charge >= 0.3 is 12.1 Å². The second-order valence-corrected chi connectivity index (χ2v) is 5.61. The standard InChI is InChI=1S/C14H14F3N5O2.ClH/c15-14(16,17)10-1-3-11(4-2-10)22-12(18-19-20-22)8-21-6-5-9(7-21)13(23)24;/h1-4,9H,5-8H2,(H,23,24);1H. The minimum atomic E-state index is -4.40. The molecule has 1 N–H and O–H groups in total. The lowest BCUT2D eigenvalue weighted by Crippen LogP contribution is -2.24. The summed E-state index contributed by atoms with van der Waals surface area (Å²) in [5.41, 5.74) is -0.332. The molecule has 1 aliphatic heterocycles. The number of likely N-dealkylation sites (tertiary alicyclic amines) is 1. The molecule has 2 heterocycles. The number of carboxylic acid groups (broad SMARTS) is 1. The predicted molar refractivity (Wildman–Crippen MR) is 82.4 cm³/mol. The van der Waals surface area contributed by atoms with Crippen molar-refractivity contribution < 1.29 is 23.1 Å². The minimum absolute atomic E-state index is 0. The first kappa shape index (κ1) is 19.1. The predicted octanol–water partition coefficient (Wildman–Crippen LogP) is 2.01. The molecule has 1 aliphatic rings. The molecule has 3 rings (SSSR count). The van der Waals surface area contributed by atoms with Crippen LogP contribution in [0.15, 0.2) is 24.3 Å². The fourth-order valence-electron chi connectivity index (χ4n) is 2.67. The molecular formula is C14H15ClF3N5O2. The van der Waals surface area contributed by atoms with Crippen LogP contribution in [0.25, 0.3) is 5.69 Å². The van der Waals surface area contributed by atoms with Crippen LogP contribution in [0.5, 0.6) is 0 Å². The summed E-state index contributed by atoms with van der Waals surface area (Å²) in [5, 5.41) is 20.3. The molecule has 11 heteroatoms. The molecule has 0 spiro atoms. The molecule has 1 aromatic heterocycles. The number of alkyl halides is 3. The van der Waals surface area contributed by atoms with Gasteiger partial charge in [0.15, 0.2) is 5.82 Å². The van der Waals surface area contributed by atoms with Gasteiger partial charge in [0.25, 0.3) is 0 Å². The van der Waals surface area contributed by atoms with E-state index in [2.05, 4.69) is 15.5 Å². The Morgan fingerprint density at radius 3 is 2.52 bits per heavy atom. The highest BCUT2D eigenvalue weighted by atomic mass is 35.5. The van der Waals surface area contributed by atoms with Crippen molar-refractivity contribution in [3.05, 3.63) is 35.7 Å². The Bertz CT molecular complexity index is 735. The number of rotatable bonds is 4. The van der Waals surface area contributed by atoms with Crippen LogP contribution >= 0.6 is 12.4 Å². The Kier molecular flexibility index (Phi) is 5.63. The maximum Gasteiger partial charge on any atom is 0.416 e. The number of tetrazole rings is 1. The summed E-state index contributed by atoms with van der Waals surface area (Å²) in [5.74, 6) is -0.805. The van der Waals surface area contributed by atoms with Gasteiger partial charge in [-0.3, -0.25) is 9.69 Å². The molecule has 1 atom stereocenters. The van der Waals surface area contributed by atoms with Gasteiger partial charge in [0.2, 0.25) is 0 Å². The van der Waals surface area contributed by atoms with E-state index in [1.165, 1.54) is 16.8 Å². The fourth-order valence-corrected chi connectivity index (χ4v) is 2.67. The highest BCUT2D eigenvalue weighted by Gasteiger charge is 2.31. The normalized spacial score (nSPS) is 18.1. The Hall–Kier alpha value is -2.20. The molecule has 1 aromatic carbocycles. The van der Waals surface area contributed by atoms with Crippen LogP contribution in [0.4, 0.5) is 13.2 Å². The largest absolute Gasteiger partial charge is 0.481 e. The highest BCUT2D eigenvalue weighted by Crippen LogP contribution is 2.29. The van der Waals surface area contributed by atoms with Crippen molar-refractivity contribution in [1.82, 2.24) is 25.1 Å². The van der Waals surface area contributed by atoms with Gasteiger partial charge in [0.05, 0.1) is 23.7 Å². The zero-order chi connectivity index (χ0) is 17.3. The van der Waals surface area contributed by atoms with Gasteiger partial charge in [-0.05, 0) is 47.7 Å². The molecule has 0 amide bonds. The number of hydrogen-bond acceptors (Lipinski definition) is 5. The van der Waals surface area contributed by atoms with Gasteiger partial charge < -0.3 is 5.11 Å². The molecule has 136 valence electrons. The summed E-state index contributed by atoms with van der Waals surface area (Å²) < 4.78 is 39.2. The summed E-state index contributed by atoms with van der Waals surface area (Å²) in [7, 11) is 0. The first-order valence-electron chi connectivity index (χ1n) is 7.24. The number of benzene rings is 1. The topological polar surface area (TPSA) is 84.1 Å². The molecule has 2 aromatic rings. The average molecular weight is 378 g/mol. The van der Waals surface area contributed by atoms with Crippen molar-refractivity contribution in [3.63, 3.8) is 0 Å². The van der Waals surface area contributed by atoms with Crippen molar-refractivity contribution in [1.29, 1.82) is 0 Å². The lowest BCUT2D eigenvalue weighted by atomic mass is 10.1. The summed E-state index contributed by atoms with van der Waals surface area (Å²) in [6.45, 7) is 1.34. The number of hydrogen-bond donors (Lipinski definition) is 1. The number of carboxylic acids is 1. The quantitative estimate of drug-likeness (QED) is 0.877. The van der Waals surface area contributed by atoms with E-state index < -0.39 is 23.6 Å². The van der Waals surface area contributed by atoms with Crippen molar-refractivity contribution in [2.45, 2.75) is 19.1 Å². The molecule has 0 radical (unpaired) electrons. The van der Waals surface area contributed by atoms with Crippen LogP contribution < -0.4 is 0 Å². The summed E-state index contributed by atoms with van der Waals surface area (Å²) >= 11 is 0. The summed E-state index contributed by atoms with van der Waals surface area (Å²) in [6, 6.07) is 4.54. The van der Waals surface area contributed by atoms with Crippen LogP contribution in [0, 0.1) is 5.92 Å². The third kappa shape index (κ3) is 4.26. The van der Waals surface area contributed by atoms with Gasteiger partial charge in [-0.15, -0.1) is 17.5 Å². The molecule has 1 unspecified atom stereocenters. The third-order valence-corrected chi connectivity index (χ3v) is 3.96. The first-order chi connectivity index (χ1) is 11.3. The maximum atomic E-state index is 12.6. The Labute approximate surface area is 146 Å². The lowest BCUT2D eigenvalue weighted by molar-refractivity contribution is -0.141. The Morgan fingerprint density at radius 2 is 1.96 bits per heavy atom. The van der Waals surface area contributed by atoms with E-state index in [0.717, 1.165) is 12.1 Å². The third-order valence-electron chi connectivity index (χ3n) is 3.96. The number of aliphatic carboxylic acids is 1. The highest BCUT2D eigenvalue weighted by molar-refractivity contribution is 5.85. The van der Waals surface area contributed by atoms with E-state index in [9.17, 15) is 18.0 Å². The molecular weight excluding hydrogens is 363 g/mol. The van der Waals surface area contributed by atoms with Crippen LogP contribution in [-0.2, 0) is 17.5 Å². The van der Waals surface area contributed by atoms with E-state index in [1.807, 2.05) is 4.90 Å². The first-order valence-corrected chi connectivity index (χ1v) is 7.24. The van der Waals surface area contributed by atoms with Crippen molar-refractivity contribution in [2.75, 3.05) is 13.1 Å². The SMILES string of the molecule is Cl.O=C(O)C1CCN(Cc2nnnn2-c2ccc(C(F)(F)F)cc2)C1. The van der Waals surface area contributed by atoms with Crippen molar-refractivity contribution in [3.8, 4) is 5.69 Å². The van der Waals surface area contributed by atoms with Crippen LogP contribution in [-0.4, -0.2) is 49.3 Å². The average Bonchev–Trinajstić information content (AvgIpc) is 3.16. The molecule has 1 saturated heterocycles. The van der Waals surface area contributed by atoms with Crippen molar-refractivity contribution >= 4 is 18.4 Å². The smallest absolute Gasteiger partial charge is 0.416 e. The molecule has 0 aliphatic carbocycles. The zero-order valence-electron chi connectivity index (χ0n) is 12.8. The Balaban J connectivity index is 0.00000225. The summed E-state index contributed by atoms with van der Waals surface area (Å²) in [4.78, 5) is 12.9. The van der Waals surface area contributed by atoms with E-state index in [0.29, 0.717) is 37.6 Å². The molecule has 7 nitrogen and oxygen atoms in total. The Morgan fingerprint density at radius 1 is 1.28 bits per heavy atom. The van der Waals surface area contributed by atoms with E-state index in [4.69, 9.17) is 5.11 Å². The molecule has 1 fully saturated rings.